The molecule has 0 aliphatic heterocycles. The van der Waals surface area contributed by atoms with E-state index in [1.807, 2.05) is 0 Å². The number of halogens is 2. The summed E-state index contributed by atoms with van der Waals surface area (Å²) in [5.41, 5.74) is -0.328. The summed E-state index contributed by atoms with van der Waals surface area (Å²) in [5, 5.41) is 0. The highest BCUT2D eigenvalue weighted by molar-refractivity contribution is 6.12. The first-order valence-corrected chi connectivity index (χ1v) is 5.36. The molecule has 0 aliphatic carbocycles. The number of carbonyl (C=O) groups excluding carboxylic acids is 2. The van der Waals surface area contributed by atoms with Gasteiger partial charge in [0.15, 0.2) is 11.6 Å². The van der Waals surface area contributed by atoms with Gasteiger partial charge in [-0.2, -0.15) is 0 Å². The standard InChI is InChI=1S/C13H8F2N2O2/c14-8-2-3-9(10(15)6-8)11(18)7-12(19)13-16-4-1-5-17-13/h1-6H,7H2. The summed E-state index contributed by atoms with van der Waals surface area (Å²) in [6, 6.07) is 4.08. The summed E-state index contributed by atoms with van der Waals surface area (Å²) in [6.07, 6.45) is 2.17. The van der Waals surface area contributed by atoms with Gasteiger partial charge in [0, 0.05) is 18.5 Å². The molecule has 0 unspecified atom stereocenters. The van der Waals surface area contributed by atoms with E-state index in [0.29, 0.717) is 6.07 Å². The van der Waals surface area contributed by atoms with Crippen molar-refractivity contribution in [3.05, 3.63) is 59.7 Å². The van der Waals surface area contributed by atoms with Crippen molar-refractivity contribution in [2.24, 2.45) is 0 Å². The molecule has 1 heterocycles. The predicted molar refractivity (Wildman–Crippen MR) is 61.7 cm³/mol. The zero-order valence-electron chi connectivity index (χ0n) is 9.64. The van der Waals surface area contributed by atoms with Gasteiger partial charge in [0.2, 0.25) is 5.78 Å². The Balaban J connectivity index is 2.15. The van der Waals surface area contributed by atoms with Crippen molar-refractivity contribution in [2.45, 2.75) is 6.42 Å². The number of aromatic nitrogens is 2. The number of benzene rings is 1. The number of ketones is 2. The van der Waals surface area contributed by atoms with Crippen molar-refractivity contribution >= 4 is 11.6 Å². The maximum Gasteiger partial charge on any atom is 0.207 e. The summed E-state index contributed by atoms with van der Waals surface area (Å²) >= 11 is 0. The Morgan fingerprint density at radius 3 is 2.37 bits per heavy atom. The van der Waals surface area contributed by atoms with Crippen LogP contribution in [0.15, 0.2) is 36.7 Å². The van der Waals surface area contributed by atoms with E-state index in [1.54, 1.807) is 0 Å². The minimum atomic E-state index is -0.994. The molecule has 0 atom stereocenters. The molecule has 6 heteroatoms. The summed E-state index contributed by atoms with van der Waals surface area (Å²) in [4.78, 5) is 30.8. The molecule has 4 nitrogen and oxygen atoms in total. The van der Waals surface area contributed by atoms with Crippen molar-refractivity contribution < 1.29 is 18.4 Å². The molecule has 0 aliphatic rings. The number of rotatable bonds is 4. The Hall–Kier alpha value is -2.50. The highest BCUT2D eigenvalue weighted by Gasteiger charge is 2.18. The molecule has 2 rings (SSSR count). The van der Waals surface area contributed by atoms with Crippen LogP contribution >= 0.6 is 0 Å². The maximum absolute atomic E-state index is 13.4. The van der Waals surface area contributed by atoms with Gasteiger partial charge in [0.25, 0.3) is 0 Å². The fraction of sp³-hybridized carbons (Fsp3) is 0.0769. The molecule has 96 valence electrons. The van der Waals surface area contributed by atoms with Crippen molar-refractivity contribution in [3.8, 4) is 0 Å². The molecule has 0 amide bonds. The molecule has 0 spiro atoms. The van der Waals surface area contributed by atoms with E-state index in [9.17, 15) is 18.4 Å². The highest BCUT2D eigenvalue weighted by Crippen LogP contribution is 2.12. The lowest BCUT2D eigenvalue weighted by Crippen LogP contribution is -2.12. The second-order valence-electron chi connectivity index (χ2n) is 3.72. The molecule has 0 saturated carbocycles. The molecular weight excluding hydrogens is 254 g/mol. The van der Waals surface area contributed by atoms with Gasteiger partial charge >= 0.3 is 0 Å². The smallest absolute Gasteiger partial charge is 0.207 e. The molecule has 0 saturated heterocycles. The number of Topliss-reactive ketones (excluding diaryl/α,β-unsaturated/α-hetero) is 2. The van der Waals surface area contributed by atoms with Crippen molar-refractivity contribution in [1.29, 1.82) is 0 Å². The molecule has 0 bridgehead atoms. The second kappa shape index (κ2) is 5.43. The van der Waals surface area contributed by atoms with E-state index in [2.05, 4.69) is 9.97 Å². The lowest BCUT2D eigenvalue weighted by Gasteiger charge is -2.01. The third kappa shape index (κ3) is 3.04. The van der Waals surface area contributed by atoms with E-state index in [1.165, 1.54) is 18.5 Å². The van der Waals surface area contributed by atoms with E-state index in [-0.39, 0.29) is 11.4 Å². The van der Waals surface area contributed by atoms with Crippen LogP contribution in [0.25, 0.3) is 0 Å². The lowest BCUT2D eigenvalue weighted by atomic mass is 10.1. The average molecular weight is 262 g/mol. The van der Waals surface area contributed by atoms with Crippen LogP contribution < -0.4 is 0 Å². The summed E-state index contributed by atoms with van der Waals surface area (Å²) in [6.45, 7) is 0. The lowest BCUT2D eigenvalue weighted by molar-refractivity contribution is 0.0886. The van der Waals surface area contributed by atoms with Gasteiger partial charge in [-0.25, -0.2) is 18.7 Å². The van der Waals surface area contributed by atoms with Crippen LogP contribution in [0, 0.1) is 11.6 Å². The Kier molecular flexibility index (Phi) is 3.70. The molecule has 1 aromatic carbocycles. The topological polar surface area (TPSA) is 59.9 Å². The van der Waals surface area contributed by atoms with Crippen molar-refractivity contribution in [2.75, 3.05) is 0 Å². The zero-order chi connectivity index (χ0) is 13.8. The van der Waals surface area contributed by atoms with Crippen molar-refractivity contribution in [1.82, 2.24) is 9.97 Å². The first-order valence-electron chi connectivity index (χ1n) is 5.36. The van der Waals surface area contributed by atoms with Crippen LogP contribution in [0.2, 0.25) is 0 Å². The van der Waals surface area contributed by atoms with Crippen LogP contribution in [-0.4, -0.2) is 21.5 Å². The van der Waals surface area contributed by atoms with Gasteiger partial charge in [0.1, 0.15) is 11.6 Å². The van der Waals surface area contributed by atoms with Gasteiger partial charge in [-0.1, -0.05) is 0 Å². The molecule has 2 aromatic rings. The second-order valence-corrected chi connectivity index (χ2v) is 3.72. The van der Waals surface area contributed by atoms with E-state index in [4.69, 9.17) is 0 Å². The van der Waals surface area contributed by atoms with Crippen LogP contribution in [-0.2, 0) is 0 Å². The predicted octanol–water partition coefficient (Wildman–Crippen LogP) is 2.21. The van der Waals surface area contributed by atoms with Crippen LogP contribution in [0.3, 0.4) is 0 Å². The number of carbonyl (C=O) groups is 2. The van der Waals surface area contributed by atoms with E-state index >= 15 is 0 Å². The van der Waals surface area contributed by atoms with Gasteiger partial charge in [-0.05, 0) is 18.2 Å². The van der Waals surface area contributed by atoms with Gasteiger partial charge in [0.05, 0.1) is 12.0 Å². The third-order valence-corrected chi connectivity index (χ3v) is 2.37. The van der Waals surface area contributed by atoms with Crippen LogP contribution in [0.4, 0.5) is 8.78 Å². The highest BCUT2D eigenvalue weighted by atomic mass is 19.1. The van der Waals surface area contributed by atoms with Crippen molar-refractivity contribution in [3.63, 3.8) is 0 Å². The number of nitrogens with zero attached hydrogens (tertiary/aromatic N) is 2. The average Bonchev–Trinajstić information content (AvgIpc) is 2.39. The summed E-state index contributed by atoms with van der Waals surface area (Å²) in [5.74, 6) is -3.25. The Morgan fingerprint density at radius 2 is 1.74 bits per heavy atom. The quantitative estimate of drug-likeness (QED) is 0.626. The van der Waals surface area contributed by atoms with Crippen LogP contribution in [0.5, 0.6) is 0 Å². The first kappa shape index (κ1) is 12.9. The Morgan fingerprint density at radius 1 is 1.05 bits per heavy atom. The number of hydrogen-bond donors (Lipinski definition) is 0. The molecule has 0 fully saturated rings. The van der Waals surface area contributed by atoms with Gasteiger partial charge in [-0.15, -0.1) is 0 Å². The minimum absolute atomic E-state index is 0.113. The molecule has 0 radical (unpaired) electrons. The SMILES string of the molecule is O=C(CC(=O)c1ccc(F)cc1F)c1ncccn1. The fourth-order valence-corrected chi connectivity index (χ4v) is 1.48. The maximum atomic E-state index is 13.4. The normalized spacial score (nSPS) is 10.2. The number of hydrogen-bond acceptors (Lipinski definition) is 4. The Bertz CT molecular complexity index is 630. The largest absolute Gasteiger partial charge is 0.294 e. The minimum Gasteiger partial charge on any atom is -0.294 e. The zero-order valence-corrected chi connectivity index (χ0v) is 9.64. The molecule has 19 heavy (non-hydrogen) atoms. The first-order chi connectivity index (χ1) is 9.08. The Labute approximate surface area is 107 Å². The van der Waals surface area contributed by atoms with Gasteiger partial charge < -0.3 is 0 Å². The van der Waals surface area contributed by atoms with E-state index < -0.39 is 29.6 Å². The third-order valence-electron chi connectivity index (χ3n) is 2.37. The van der Waals surface area contributed by atoms with Gasteiger partial charge in [-0.3, -0.25) is 9.59 Å². The molecule has 0 N–H and O–H groups in total. The summed E-state index contributed by atoms with van der Waals surface area (Å²) in [7, 11) is 0. The fourth-order valence-electron chi connectivity index (χ4n) is 1.48. The monoisotopic (exact) mass is 262 g/mol. The van der Waals surface area contributed by atoms with Crippen LogP contribution in [0.1, 0.15) is 27.4 Å². The molecular formula is C13H8F2N2O2. The molecule has 1 aromatic heterocycles. The summed E-state index contributed by atoms with van der Waals surface area (Å²) < 4.78 is 26.1. The van der Waals surface area contributed by atoms with E-state index in [0.717, 1.165) is 12.1 Å².